The highest BCUT2D eigenvalue weighted by molar-refractivity contribution is 9.10. The maximum Gasteiger partial charge on any atom is 0.144 e. The van der Waals surface area contributed by atoms with E-state index in [1.54, 1.807) is 6.92 Å². The molecule has 1 aromatic carbocycles. The molecule has 0 saturated carbocycles. The van der Waals surface area contributed by atoms with Gasteiger partial charge in [-0.25, -0.2) is 0 Å². The first-order valence-electron chi connectivity index (χ1n) is 6.46. The van der Waals surface area contributed by atoms with Crippen LogP contribution in [-0.2, 0) is 4.79 Å². The van der Waals surface area contributed by atoms with Gasteiger partial charge in [0.05, 0.1) is 17.3 Å². The third kappa shape index (κ3) is 4.73. The van der Waals surface area contributed by atoms with Crippen LogP contribution in [-0.4, -0.2) is 6.29 Å². The maximum absolute atomic E-state index is 10.9. The molecule has 1 N–H and O–H groups in total. The average molecular weight is 345 g/mol. The summed E-state index contributed by atoms with van der Waals surface area (Å²) in [4.78, 5) is 10.9. The monoisotopic (exact) mass is 344 g/mol. The minimum absolute atomic E-state index is 0.567. The molecular weight excluding hydrogens is 328 g/mol. The van der Waals surface area contributed by atoms with Crippen LogP contribution in [0, 0.1) is 11.3 Å². The standard InChI is InChI=1S/C17H17BrN2O/c1-4-12(2)17(13(3)11-19)20-16(8-9-21)14-6-5-7-15(18)10-14/h4-10,20H,1-3H3/b12-4+,16-8-,17-13+. The Balaban J connectivity index is 3.29. The van der Waals surface area contributed by atoms with Crippen LogP contribution in [0.25, 0.3) is 5.70 Å². The van der Waals surface area contributed by atoms with E-state index in [1.165, 1.54) is 6.08 Å². The molecule has 108 valence electrons. The number of carbonyl (C=O) groups is 1. The minimum atomic E-state index is 0.567. The third-order valence-electron chi connectivity index (χ3n) is 3.00. The van der Waals surface area contributed by atoms with Crippen LogP contribution in [0.4, 0.5) is 0 Å². The second kappa shape index (κ2) is 8.23. The van der Waals surface area contributed by atoms with E-state index in [2.05, 4.69) is 27.3 Å². The number of nitrogens with one attached hydrogen (secondary N) is 1. The zero-order chi connectivity index (χ0) is 15.8. The summed E-state index contributed by atoms with van der Waals surface area (Å²) in [6.07, 6.45) is 4.10. The van der Waals surface area contributed by atoms with Crippen molar-refractivity contribution in [3.63, 3.8) is 0 Å². The van der Waals surface area contributed by atoms with Crippen molar-refractivity contribution < 1.29 is 4.79 Å². The molecule has 1 rings (SSSR count). The Hall–Kier alpha value is -2.12. The summed E-state index contributed by atoms with van der Waals surface area (Å²) in [5, 5.41) is 12.3. The van der Waals surface area contributed by atoms with E-state index < -0.39 is 0 Å². The summed E-state index contributed by atoms with van der Waals surface area (Å²) in [5.74, 6) is 0. The molecule has 0 aliphatic heterocycles. The van der Waals surface area contributed by atoms with Crippen LogP contribution in [0.2, 0.25) is 0 Å². The lowest BCUT2D eigenvalue weighted by atomic mass is 10.1. The number of halogens is 1. The number of hydrogen-bond acceptors (Lipinski definition) is 3. The molecular formula is C17H17BrN2O. The highest BCUT2D eigenvalue weighted by Gasteiger charge is 2.09. The van der Waals surface area contributed by atoms with Gasteiger partial charge in [0.15, 0.2) is 0 Å². The van der Waals surface area contributed by atoms with E-state index in [9.17, 15) is 4.79 Å². The van der Waals surface area contributed by atoms with Crippen molar-refractivity contribution in [1.29, 1.82) is 5.26 Å². The fourth-order valence-corrected chi connectivity index (χ4v) is 2.16. The van der Waals surface area contributed by atoms with Gasteiger partial charge < -0.3 is 5.32 Å². The van der Waals surface area contributed by atoms with Gasteiger partial charge in [-0.2, -0.15) is 5.26 Å². The van der Waals surface area contributed by atoms with Gasteiger partial charge in [0.25, 0.3) is 0 Å². The molecule has 0 saturated heterocycles. The lowest BCUT2D eigenvalue weighted by Crippen LogP contribution is -2.15. The summed E-state index contributed by atoms with van der Waals surface area (Å²) >= 11 is 3.41. The molecule has 0 heterocycles. The molecule has 0 spiro atoms. The molecule has 4 heteroatoms. The topological polar surface area (TPSA) is 52.9 Å². The van der Waals surface area contributed by atoms with Crippen molar-refractivity contribution in [2.24, 2.45) is 0 Å². The molecule has 0 aliphatic carbocycles. The molecule has 0 fully saturated rings. The van der Waals surface area contributed by atoms with E-state index in [4.69, 9.17) is 5.26 Å². The summed E-state index contributed by atoms with van der Waals surface area (Å²) < 4.78 is 0.920. The fourth-order valence-electron chi connectivity index (χ4n) is 1.76. The Kier molecular flexibility index (Phi) is 6.64. The van der Waals surface area contributed by atoms with E-state index in [0.29, 0.717) is 17.0 Å². The molecule has 21 heavy (non-hydrogen) atoms. The van der Waals surface area contributed by atoms with Gasteiger partial charge in [-0.1, -0.05) is 34.1 Å². The number of carbonyl (C=O) groups excluding carboxylic acids is 1. The van der Waals surface area contributed by atoms with Gasteiger partial charge in [0, 0.05) is 16.2 Å². The van der Waals surface area contributed by atoms with Crippen LogP contribution in [0.1, 0.15) is 26.3 Å². The van der Waals surface area contributed by atoms with Crippen molar-refractivity contribution in [2.75, 3.05) is 0 Å². The first-order chi connectivity index (χ1) is 10.0. The molecule has 0 amide bonds. The van der Waals surface area contributed by atoms with E-state index in [0.717, 1.165) is 21.9 Å². The van der Waals surface area contributed by atoms with E-state index in [1.807, 2.05) is 44.2 Å². The normalized spacial score (nSPS) is 13.3. The Labute approximate surface area is 133 Å². The van der Waals surface area contributed by atoms with Crippen molar-refractivity contribution in [3.8, 4) is 6.07 Å². The predicted molar refractivity (Wildman–Crippen MR) is 89.1 cm³/mol. The van der Waals surface area contributed by atoms with E-state index >= 15 is 0 Å². The summed E-state index contributed by atoms with van der Waals surface area (Å²) in [6, 6.07) is 9.76. The number of aldehydes is 1. The summed E-state index contributed by atoms with van der Waals surface area (Å²) in [5.41, 5.74) is 3.74. The summed E-state index contributed by atoms with van der Waals surface area (Å²) in [7, 11) is 0. The summed E-state index contributed by atoms with van der Waals surface area (Å²) in [6.45, 7) is 5.57. The third-order valence-corrected chi connectivity index (χ3v) is 3.49. The van der Waals surface area contributed by atoms with Crippen LogP contribution >= 0.6 is 15.9 Å². The second-order valence-corrected chi connectivity index (χ2v) is 5.35. The van der Waals surface area contributed by atoms with Crippen LogP contribution in [0.15, 0.2) is 57.7 Å². The number of hydrogen-bond donors (Lipinski definition) is 1. The van der Waals surface area contributed by atoms with Gasteiger partial charge in [0.2, 0.25) is 0 Å². The van der Waals surface area contributed by atoms with Crippen molar-refractivity contribution in [1.82, 2.24) is 5.32 Å². The Bertz CT molecular complexity index is 664. The first kappa shape index (κ1) is 16.9. The zero-order valence-electron chi connectivity index (χ0n) is 12.3. The fraction of sp³-hybridized carbons (Fsp3) is 0.176. The maximum atomic E-state index is 10.9. The molecule has 3 nitrogen and oxygen atoms in total. The highest BCUT2D eigenvalue weighted by Crippen LogP contribution is 2.21. The van der Waals surface area contributed by atoms with Crippen molar-refractivity contribution >= 4 is 27.9 Å². The SMILES string of the molecule is C/C=C(C)/C(N/C(=C\C=O)c1cccc(Br)c1)=C(/C)C#N. The van der Waals surface area contributed by atoms with Gasteiger partial charge in [0.1, 0.15) is 6.29 Å². The highest BCUT2D eigenvalue weighted by atomic mass is 79.9. The van der Waals surface area contributed by atoms with Gasteiger partial charge in [-0.3, -0.25) is 4.79 Å². The van der Waals surface area contributed by atoms with Crippen molar-refractivity contribution in [3.05, 3.63) is 63.3 Å². The molecule has 0 aliphatic rings. The van der Waals surface area contributed by atoms with Gasteiger partial charge >= 0.3 is 0 Å². The second-order valence-electron chi connectivity index (χ2n) is 4.44. The van der Waals surface area contributed by atoms with Crippen LogP contribution in [0.5, 0.6) is 0 Å². The molecule has 1 aromatic rings. The van der Waals surface area contributed by atoms with E-state index in [-0.39, 0.29) is 0 Å². The molecule has 0 atom stereocenters. The predicted octanol–water partition coefficient (Wildman–Crippen LogP) is 4.34. The van der Waals surface area contributed by atoms with Gasteiger partial charge in [-0.05, 0) is 44.0 Å². The Morgan fingerprint density at radius 1 is 1.38 bits per heavy atom. The smallest absolute Gasteiger partial charge is 0.144 e. The minimum Gasteiger partial charge on any atom is -0.354 e. The number of nitriles is 1. The molecule has 0 aromatic heterocycles. The molecule has 0 bridgehead atoms. The largest absolute Gasteiger partial charge is 0.354 e. The average Bonchev–Trinajstić information content (AvgIpc) is 2.49. The van der Waals surface area contributed by atoms with Crippen LogP contribution in [0.3, 0.4) is 0 Å². The Morgan fingerprint density at radius 3 is 2.62 bits per heavy atom. The number of allylic oxidation sites excluding steroid dienone is 4. The zero-order valence-corrected chi connectivity index (χ0v) is 13.9. The number of nitrogens with zero attached hydrogens (tertiary/aromatic N) is 1. The van der Waals surface area contributed by atoms with Crippen LogP contribution < -0.4 is 5.32 Å². The number of rotatable bonds is 5. The number of benzene rings is 1. The lowest BCUT2D eigenvalue weighted by Gasteiger charge is -2.16. The molecule has 0 unspecified atom stereocenters. The Morgan fingerprint density at radius 2 is 2.10 bits per heavy atom. The lowest BCUT2D eigenvalue weighted by molar-refractivity contribution is -0.104. The first-order valence-corrected chi connectivity index (χ1v) is 7.25. The quantitative estimate of drug-likeness (QED) is 0.374. The van der Waals surface area contributed by atoms with Crippen molar-refractivity contribution in [2.45, 2.75) is 20.8 Å². The molecule has 0 radical (unpaired) electrons. The van der Waals surface area contributed by atoms with Gasteiger partial charge in [-0.15, -0.1) is 0 Å².